The number of halogens is 3. The summed E-state index contributed by atoms with van der Waals surface area (Å²) in [5.74, 6) is -5.04. The number of thioether (sulfide) groups is 1. The average molecular weight is 565 g/mol. The largest absolute Gasteiger partial charge is 0.480 e. The Balaban J connectivity index is 5.11. The Labute approximate surface area is 228 Å². The molecule has 2 amide bonds. The second-order valence-electron chi connectivity index (χ2n) is 8.90. The van der Waals surface area contributed by atoms with Crippen molar-refractivity contribution >= 4 is 29.5 Å². The first-order valence-corrected chi connectivity index (χ1v) is 14.2. The molecule has 218 valence electrons. The molecule has 0 aliphatic rings. The highest BCUT2D eigenvalue weighted by molar-refractivity contribution is 8.00. The molecule has 0 aromatic heterocycles. The Hall–Kier alpha value is -2.27. The molecule has 4 N–H and O–H groups in total. The lowest BCUT2D eigenvalue weighted by atomic mass is 10.1. The van der Waals surface area contributed by atoms with Gasteiger partial charge in [-0.25, -0.2) is 0 Å². The molecule has 0 radical (unpaired) electrons. The number of amides is 2. The quantitative estimate of drug-likeness (QED) is 0.111. The number of carboxylic acids is 1. The van der Waals surface area contributed by atoms with Crippen LogP contribution in [0.4, 0.5) is 13.2 Å². The first kappa shape index (κ1) is 35.7. The van der Waals surface area contributed by atoms with E-state index in [1.165, 1.54) is 32.1 Å². The average Bonchev–Trinajstić information content (AvgIpc) is 2.86. The highest BCUT2D eigenvalue weighted by Crippen LogP contribution is 2.22. The SMILES string of the molecule is CCCCCCCCC=CC=CC=C[C@H](SCC(NC(=O)C(F)(F)F)C(=O)NCC(=O)O)[C@H](O)CCCC. The van der Waals surface area contributed by atoms with Crippen molar-refractivity contribution in [1.29, 1.82) is 0 Å². The van der Waals surface area contributed by atoms with E-state index >= 15 is 0 Å². The molecular formula is C27H43F3N2O5S. The zero-order valence-corrected chi connectivity index (χ0v) is 23.2. The number of carbonyl (C=O) groups is 3. The number of nitrogens with one attached hydrogen (secondary N) is 2. The summed E-state index contributed by atoms with van der Waals surface area (Å²) >= 11 is 1.01. The number of allylic oxidation sites excluding steroid dienone is 5. The van der Waals surface area contributed by atoms with Gasteiger partial charge < -0.3 is 20.8 Å². The number of hydrogen-bond acceptors (Lipinski definition) is 5. The van der Waals surface area contributed by atoms with E-state index < -0.39 is 47.9 Å². The van der Waals surface area contributed by atoms with Gasteiger partial charge in [-0.05, 0) is 19.3 Å². The fourth-order valence-corrected chi connectivity index (χ4v) is 4.52. The molecule has 0 saturated heterocycles. The summed E-state index contributed by atoms with van der Waals surface area (Å²) in [6.45, 7) is 3.34. The third-order valence-corrected chi connectivity index (χ3v) is 6.86. The minimum atomic E-state index is -5.21. The number of hydrogen-bond donors (Lipinski definition) is 4. The maximum Gasteiger partial charge on any atom is 0.471 e. The molecule has 38 heavy (non-hydrogen) atoms. The number of aliphatic hydroxyl groups is 1. The molecule has 0 heterocycles. The van der Waals surface area contributed by atoms with Gasteiger partial charge in [0.2, 0.25) is 5.91 Å². The van der Waals surface area contributed by atoms with Crippen molar-refractivity contribution in [2.24, 2.45) is 0 Å². The van der Waals surface area contributed by atoms with Crippen molar-refractivity contribution < 1.29 is 37.8 Å². The maximum absolute atomic E-state index is 12.7. The molecule has 0 aliphatic heterocycles. The minimum absolute atomic E-state index is 0.298. The number of aliphatic carboxylic acids is 1. The summed E-state index contributed by atoms with van der Waals surface area (Å²) in [5, 5.41) is 22.4. The molecule has 3 atom stereocenters. The van der Waals surface area contributed by atoms with E-state index in [0.717, 1.165) is 37.4 Å². The van der Waals surface area contributed by atoms with Crippen LogP contribution in [0.5, 0.6) is 0 Å². The molecule has 0 aromatic carbocycles. The zero-order valence-electron chi connectivity index (χ0n) is 22.3. The van der Waals surface area contributed by atoms with Crippen molar-refractivity contribution in [2.75, 3.05) is 12.3 Å². The number of rotatable bonds is 21. The van der Waals surface area contributed by atoms with Gasteiger partial charge in [0.15, 0.2) is 0 Å². The summed E-state index contributed by atoms with van der Waals surface area (Å²) in [6, 6.07) is -1.64. The highest BCUT2D eigenvalue weighted by atomic mass is 32.2. The van der Waals surface area contributed by atoms with Gasteiger partial charge >= 0.3 is 18.1 Å². The Bertz CT molecular complexity index is 772. The summed E-state index contributed by atoms with van der Waals surface area (Å²) in [7, 11) is 0. The molecule has 0 spiro atoms. The van der Waals surface area contributed by atoms with Crippen LogP contribution in [-0.4, -0.2) is 63.9 Å². The molecule has 0 aliphatic carbocycles. The molecule has 11 heteroatoms. The number of aliphatic hydroxyl groups excluding tert-OH is 1. The predicted molar refractivity (Wildman–Crippen MR) is 146 cm³/mol. The Morgan fingerprint density at radius 3 is 2.18 bits per heavy atom. The van der Waals surface area contributed by atoms with Crippen molar-refractivity contribution in [3.8, 4) is 0 Å². The predicted octanol–water partition coefficient (Wildman–Crippen LogP) is 5.31. The summed E-state index contributed by atoms with van der Waals surface area (Å²) in [5.41, 5.74) is 0. The topological polar surface area (TPSA) is 116 Å². The fourth-order valence-electron chi connectivity index (χ4n) is 3.31. The molecule has 0 saturated carbocycles. The molecule has 7 nitrogen and oxygen atoms in total. The lowest BCUT2D eigenvalue weighted by Gasteiger charge is -2.23. The van der Waals surface area contributed by atoms with Crippen LogP contribution in [0.25, 0.3) is 0 Å². The third kappa shape index (κ3) is 18.9. The van der Waals surface area contributed by atoms with Gasteiger partial charge in [-0.15, -0.1) is 11.8 Å². The first-order valence-electron chi connectivity index (χ1n) is 13.2. The Morgan fingerprint density at radius 1 is 0.921 bits per heavy atom. The first-order chi connectivity index (χ1) is 18.0. The van der Waals surface area contributed by atoms with Gasteiger partial charge in [0.1, 0.15) is 12.6 Å². The van der Waals surface area contributed by atoms with Crippen molar-refractivity contribution in [3.63, 3.8) is 0 Å². The van der Waals surface area contributed by atoms with Crippen LogP contribution in [0.15, 0.2) is 36.5 Å². The number of alkyl halides is 3. The van der Waals surface area contributed by atoms with Crippen LogP contribution in [0, 0.1) is 0 Å². The van der Waals surface area contributed by atoms with E-state index in [1.54, 1.807) is 23.5 Å². The smallest absolute Gasteiger partial charge is 0.471 e. The van der Waals surface area contributed by atoms with E-state index in [0.29, 0.717) is 6.42 Å². The summed E-state index contributed by atoms with van der Waals surface area (Å²) < 4.78 is 38.2. The van der Waals surface area contributed by atoms with Gasteiger partial charge in [0.05, 0.1) is 6.10 Å². The molecule has 0 bridgehead atoms. The van der Waals surface area contributed by atoms with Gasteiger partial charge in [0, 0.05) is 11.0 Å². The van der Waals surface area contributed by atoms with Crippen molar-refractivity contribution in [2.45, 2.75) is 102 Å². The minimum Gasteiger partial charge on any atom is -0.480 e. The van der Waals surface area contributed by atoms with Gasteiger partial charge in [0.25, 0.3) is 0 Å². The van der Waals surface area contributed by atoms with Gasteiger partial charge in [-0.3, -0.25) is 14.4 Å². The number of unbranched alkanes of at least 4 members (excludes halogenated alkanes) is 7. The van der Waals surface area contributed by atoms with E-state index in [2.05, 4.69) is 13.0 Å². The number of carbonyl (C=O) groups excluding carboxylic acids is 2. The normalized spacial score (nSPS) is 14.7. The molecule has 0 rings (SSSR count). The van der Waals surface area contributed by atoms with E-state index in [1.807, 2.05) is 24.4 Å². The summed E-state index contributed by atoms with van der Waals surface area (Å²) in [6.07, 6.45) is 15.4. The maximum atomic E-state index is 12.7. The van der Waals surface area contributed by atoms with Crippen LogP contribution in [0.2, 0.25) is 0 Å². The van der Waals surface area contributed by atoms with Crippen LogP contribution in [0.3, 0.4) is 0 Å². The number of carboxylic acid groups (broad SMARTS) is 1. The van der Waals surface area contributed by atoms with Crippen molar-refractivity contribution in [3.05, 3.63) is 36.5 Å². The highest BCUT2D eigenvalue weighted by Gasteiger charge is 2.41. The zero-order chi connectivity index (χ0) is 28.8. The fraction of sp³-hybridized carbons (Fsp3) is 0.667. The van der Waals surface area contributed by atoms with Crippen LogP contribution >= 0.6 is 11.8 Å². The van der Waals surface area contributed by atoms with Gasteiger partial charge in [-0.2, -0.15) is 13.2 Å². The Kier molecular flexibility index (Phi) is 20.3. The molecule has 0 fully saturated rings. The second kappa shape index (κ2) is 21.6. The third-order valence-electron chi connectivity index (χ3n) is 5.48. The van der Waals surface area contributed by atoms with Crippen LogP contribution in [0.1, 0.15) is 78.1 Å². The Morgan fingerprint density at radius 2 is 1.55 bits per heavy atom. The van der Waals surface area contributed by atoms with E-state index in [4.69, 9.17) is 5.11 Å². The lowest BCUT2D eigenvalue weighted by molar-refractivity contribution is -0.174. The monoisotopic (exact) mass is 564 g/mol. The van der Waals surface area contributed by atoms with E-state index in [-0.39, 0.29) is 5.75 Å². The van der Waals surface area contributed by atoms with Crippen LogP contribution in [-0.2, 0) is 14.4 Å². The van der Waals surface area contributed by atoms with Crippen molar-refractivity contribution in [1.82, 2.24) is 10.6 Å². The molecule has 0 aromatic rings. The lowest BCUT2D eigenvalue weighted by Crippen LogP contribution is -2.52. The second-order valence-corrected chi connectivity index (χ2v) is 10.1. The van der Waals surface area contributed by atoms with Crippen LogP contribution < -0.4 is 10.6 Å². The standard InChI is InChI=1S/C27H43F3N2O5S/c1-3-5-7-8-9-10-11-12-13-14-15-16-18-23(22(33)17-6-4-2)38-20-21(25(36)31-19-24(34)35)32-26(37)27(28,29)30/h12-16,18,21-23,33H,3-11,17,19-20H2,1-2H3,(H,31,36)(H,32,37)(H,34,35)/t21?,22-,23+/m1/s1. The molecular weight excluding hydrogens is 521 g/mol. The summed E-state index contributed by atoms with van der Waals surface area (Å²) in [4.78, 5) is 34.4. The molecule has 1 unspecified atom stereocenters. The van der Waals surface area contributed by atoms with E-state index in [9.17, 15) is 32.7 Å². The van der Waals surface area contributed by atoms with Gasteiger partial charge in [-0.1, -0.05) is 95.2 Å².